The second kappa shape index (κ2) is 3.48. The number of carbonyl (C=O) groups is 1. The average Bonchev–Trinajstić information content (AvgIpc) is 3.06. The van der Waals surface area contributed by atoms with Gasteiger partial charge in [-0.05, 0) is 31.0 Å². The van der Waals surface area contributed by atoms with Crippen LogP contribution in [0.5, 0.6) is 0 Å². The van der Waals surface area contributed by atoms with Crippen LogP contribution in [0.4, 0.5) is 4.79 Å². The van der Waals surface area contributed by atoms with Gasteiger partial charge in [0.25, 0.3) is 0 Å². The van der Waals surface area contributed by atoms with Crippen molar-refractivity contribution in [1.29, 1.82) is 0 Å². The van der Waals surface area contributed by atoms with Crippen LogP contribution in [-0.2, 0) is 0 Å². The van der Waals surface area contributed by atoms with Gasteiger partial charge in [-0.15, -0.1) is 0 Å². The normalized spacial score (nSPS) is 35.3. The predicted molar refractivity (Wildman–Crippen MR) is 69.3 cm³/mol. The van der Waals surface area contributed by atoms with Crippen molar-refractivity contribution in [2.45, 2.75) is 25.2 Å². The van der Waals surface area contributed by atoms with Gasteiger partial charge in [-0.1, -0.05) is 0 Å². The molecule has 4 fully saturated rings. The van der Waals surface area contributed by atoms with Crippen molar-refractivity contribution in [2.75, 3.05) is 26.9 Å². The van der Waals surface area contributed by atoms with Crippen molar-refractivity contribution in [1.82, 2.24) is 24.9 Å². The highest BCUT2D eigenvalue weighted by molar-refractivity contribution is 7.80. The highest BCUT2D eigenvalue weighted by Gasteiger charge is 2.55. The van der Waals surface area contributed by atoms with Gasteiger partial charge in [-0.25, -0.2) is 4.79 Å². The molecular formula is C11H17N5OS. The lowest BCUT2D eigenvalue weighted by atomic mass is 10.3. The number of amides is 2. The van der Waals surface area contributed by atoms with E-state index in [1.807, 2.05) is 11.9 Å². The molecule has 1 saturated carbocycles. The number of urea groups is 1. The zero-order valence-corrected chi connectivity index (χ0v) is 11.2. The Bertz CT molecular complexity index is 426. The van der Waals surface area contributed by atoms with Crippen LogP contribution in [0.25, 0.3) is 0 Å². The summed E-state index contributed by atoms with van der Waals surface area (Å²) in [5, 5.41) is 4.02. The molecule has 4 rings (SSSR count). The number of likely N-dealkylation sites (N-methyl/N-ethyl adjacent to an activating group) is 1. The van der Waals surface area contributed by atoms with Crippen LogP contribution in [0.2, 0.25) is 0 Å². The Kier molecular flexibility index (Phi) is 2.09. The molecule has 0 aromatic rings. The van der Waals surface area contributed by atoms with Gasteiger partial charge in [-0.3, -0.25) is 9.80 Å². The molecule has 3 heterocycles. The van der Waals surface area contributed by atoms with E-state index in [-0.39, 0.29) is 18.4 Å². The lowest BCUT2D eigenvalue weighted by Gasteiger charge is -2.42. The van der Waals surface area contributed by atoms with Gasteiger partial charge in [0.2, 0.25) is 0 Å². The smallest absolute Gasteiger partial charge is 0.324 e. The summed E-state index contributed by atoms with van der Waals surface area (Å²) in [5.74, 6) is 0.830. The molecular weight excluding hydrogens is 250 g/mol. The molecule has 0 aromatic carbocycles. The Morgan fingerprint density at radius 3 is 2.78 bits per heavy atom. The molecule has 0 bridgehead atoms. The highest BCUT2D eigenvalue weighted by atomic mass is 32.1. The number of hydrogen-bond acceptors (Lipinski definition) is 3. The van der Waals surface area contributed by atoms with E-state index >= 15 is 0 Å². The van der Waals surface area contributed by atoms with E-state index < -0.39 is 0 Å². The van der Waals surface area contributed by atoms with Crippen LogP contribution in [0.15, 0.2) is 0 Å². The van der Waals surface area contributed by atoms with Crippen molar-refractivity contribution < 1.29 is 4.79 Å². The van der Waals surface area contributed by atoms with Crippen molar-refractivity contribution in [2.24, 2.45) is 5.92 Å². The minimum Gasteiger partial charge on any atom is -0.339 e. The van der Waals surface area contributed by atoms with Gasteiger partial charge in [-0.2, -0.15) is 0 Å². The molecule has 0 aromatic heterocycles. The van der Waals surface area contributed by atoms with Crippen molar-refractivity contribution in [3.63, 3.8) is 0 Å². The monoisotopic (exact) mass is 267 g/mol. The molecule has 3 saturated heterocycles. The SMILES string of the molecule is CN1C(=O)N2CN(CC3CC3)CN3C(=S)NC1C23. The Morgan fingerprint density at radius 1 is 1.33 bits per heavy atom. The Balaban J connectivity index is 1.60. The summed E-state index contributed by atoms with van der Waals surface area (Å²) in [5.41, 5.74) is 0. The van der Waals surface area contributed by atoms with E-state index in [4.69, 9.17) is 12.2 Å². The minimum absolute atomic E-state index is 0.0214. The third-order valence-corrected chi connectivity index (χ3v) is 4.69. The molecule has 4 aliphatic rings. The van der Waals surface area contributed by atoms with Gasteiger partial charge in [0.15, 0.2) is 5.11 Å². The predicted octanol–water partition coefficient (Wildman–Crippen LogP) is -0.163. The Hall–Kier alpha value is -1.08. The Labute approximate surface area is 111 Å². The quantitative estimate of drug-likeness (QED) is 0.704. The highest BCUT2D eigenvalue weighted by Crippen LogP contribution is 2.34. The van der Waals surface area contributed by atoms with E-state index in [9.17, 15) is 4.79 Å². The van der Waals surface area contributed by atoms with Crippen molar-refractivity contribution >= 4 is 23.4 Å². The summed E-state index contributed by atoms with van der Waals surface area (Å²) >= 11 is 5.38. The molecule has 2 atom stereocenters. The molecule has 0 radical (unpaired) electrons. The first-order valence-corrected chi connectivity index (χ1v) is 6.89. The fourth-order valence-corrected chi connectivity index (χ4v) is 3.48. The number of hydrogen-bond donors (Lipinski definition) is 1. The van der Waals surface area contributed by atoms with Gasteiger partial charge in [0, 0.05) is 13.6 Å². The molecule has 6 nitrogen and oxygen atoms in total. The lowest BCUT2D eigenvalue weighted by Crippen LogP contribution is -2.60. The van der Waals surface area contributed by atoms with E-state index in [0.717, 1.165) is 30.9 Å². The topological polar surface area (TPSA) is 42.1 Å². The van der Waals surface area contributed by atoms with Crippen LogP contribution < -0.4 is 5.32 Å². The maximum Gasteiger partial charge on any atom is 0.324 e. The molecule has 7 heteroatoms. The van der Waals surface area contributed by atoms with Crippen molar-refractivity contribution in [3.8, 4) is 0 Å². The third-order valence-electron chi connectivity index (χ3n) is 4.34. The zero-order chi connectivity index (χ0) is 12.4. The van der Waals surface area contributed by atoms with E-state index in [2.05, 4.69) is 15.1 Å². The third kappa shape index (κ3) is 1.37. The fraction of sp³-hybridized carbons (Fsp3) is 0.818. The first-order chi connectivity index (χ1) is 8.65. The molecule has 0 spiro atoms. The fourth-order valence-electron chi connectivity index (χ4n) is 3.19. The molecule has 1 aliphatic carbocycles. The van der Waals surface area contributed by atoms with Crippen LogP contribution in [0.3, 0.4) is 0 Å². The van der Waals surface area contributed by atoms with E-state index in [1.54, 1.807) is 4.90 Å². The van der Waals surface area contributed by atoms with E-state index in [1.165, 1.54) is 12.8 Å². The van der Waals surface area contributed by atoms with Gasteiger partial charge < -0.3 is 15.1 Å². The maximum atomic E-state index is 12.2. The van der Waals surface area contributed by atoms with Crippen LogP contribution in [0, 0.1) is 5.92 Å². The van der Waals surface area contributed by atoms with E-state index in [0.29, 0.717) is 0 Å². The molecule has 2 unspecified atom stereocenters. The number of nitrogens with zero attached hydrogens (tertiary/aromatic N) is 4. The van der Waals surface area contributed by atoms with Crippen molar-refractivity contribution in [3.05, 3.63) is 0 Å². The number of nitrogens with one attached hydrogen (secondary N) is 1. The summed E-state index contributed by atoms with van der Waals surface area (Å²) < 4.78 is 0. The second-order valence-corrected chi connectivity index (χ2v) is 6.11. The maximum absolute atomic E-state index is 12.2. The summed E-state index contributed by atoms with van der Waals surface area (Å²) in [6, 6.07) is 0.102. The number of rotatable bonds is 2. The minimum atomic E-state index is 0.0214. The Morgan fingerprint density at radius 2 is 2.06 bits per heavy atom. The molecule has 3 aliphatic heterocycles. The van der Waals surface area contributed by atoms with Gasteiger partial charge in [0.1, 0.15) is 12.3 Å². The van der Waals surface area contributed by atoms with Gasteiger partial charge >= 0.3 is 6.03 Å². The lowest BCUT2D eigenvalue weighted by molar-refractivity contribution is -0.00302. The van der Waals surface area contributed by atoms with Crippen LogP contribution in [0.1, 0.15) is 12.8 Å². The van der Waals surface area contributed by atoms with Crippen LogP contribution in [-0.4, -0.2) is 70.0 Å². The summed E-state index contributed by atoms with van der Waals surface area (Å²) in [4.78, 5) is 20.4. The van der Waals surface area contributed by atoms with Gasteiger partial charge in [0.05, 0.1) is 13.3 Å². The summed E-state index contributed by atoms with van der Waals surface area (Å²) in [6.45, 7) is 2.67. The summed E-state index contributed by atoms with van der Waals surface area (Å²) in [6.07, 6.45) is 2.77. The largest absolute Gasteiger partial charge is 0.339 e. The molecule has 1 N–H and O–H groups in total. The second-order valence-electron chi connectivity index (χ2n) is 5.72. The van der Waals surface area contributed by atoms with Crippen LogP contribution >= 0.6 is 12.2 Å². The molecule has 2 amide bonds. The zero-order valence-electron chi connectivity index (χ0n) is 10.4. The number of carbonyl (C=O) groups excluding carboxylic acids is 1. The molecule has 98 valence electrons. The molecule has 18 heavy (non-hydrogen) atoms. The number of thiocarbonyl (C=S) groups is 1. The standard InChI is InChI=1S/C11H17N5OS/c1-13-8-9-15(10(18)12-8)5-14(4-7-2-3-7)6-16(9)11(13)17/h7-9H,2-6H2,1H3,(H,12,18). The summed E-state index contributed by atoms with van der Waals surface area (Å²) in [7, 11) is 1.84. The average molecular weight is 267 g/mol. The first-order valence-electron chi connectivity index (χ1n) is 6.48. The first kappa shape index (κ1) is 10.8.